The number of aliphatic hydroxyl groups excluding tert-OH is 2. The molecule has 21 heavy (non-hydrogen) atoms. The molecule has 0 amide bonds. The van der Waals surface area contributed by atoms with Gasteiger partial charge in [0.15, 0.2) is 5.75 Å². The summed E-state index contributed by atoms with van der Waals surface area (Å²) < 4.78 is 6.45. The third kappa shape index (κ3) is 2.71. The van der Waals surface area contributed by atoms with Crippen LogP contribution < -0.4 is 11.2 Å². The Kier molecular flexibility index (Phi) is 4.18. The molecule has 8 heteroatoms. The summed E-state index contributed by atoms with van der Waals surface area (Å²) in [6.07, 6.45) is -0.608. The highest BCUT2D eigenvalue weighted by molar-refractivity contribution is 5.19. The van der Waals surface area contributed by atoms with Crippen molar-refractivity contribution in [3.8, 4) is 17.6 Å². The Bertz CT molecular complexity index is 697. The number of hydrogen-bond acceptors (Lipinski definition) is 6. The standard InChI is InChI=1S/C13H16N2O6/c1-2-3-4-13(5-8(17)10(7-16)21-13)15-6-9(18)11(19)14-12(15)20/h6,8,10,16-18H,2,5,7H2,1H3,(H,14,19,20)/t8-,10+,13+/m0/s1. The second-order valence-corrected chi connectivity index (χ2v) is 4.69. The van der Waals surface area contributed by atoms with E-state index in [0.717, 1.165) is 10.8 Å². The Morgan fingerprint density at radius 3 is 2.86 bits per heavy atom. The fraction of sp³-hybridized carbons (Fsp3) is 0.538. The van der Waals surface area contributed by atoms with Gasteiger partial charge in [0.05, 0.1) is 18.9 Å². The number of ether oxygens (including phenoxy) is 1. The normalized spacial score (nSPS) is 28.1. The SMILES string of the molecule is CCC#C[C@]1(n2cc(O)c(=O)[nH]c2=O)C[C@H](O)[C@@H](CO)O1. The van der Waals surface area contributed by atoms with Gasteiger partial charge in [0.1, 0.15) is 6.10 Å². The Labute approximate surface area is 119 Å². The maximum Gasteiger partial charge on any atom is 0.331 e. The first-order chi connectivity index (χ1) is 9.93. The van der Waals surface area contributed by atoms with Gasteiger partial charge in [-0.2, -0.15) is 0 Å². The van der Waals surface area contributed by atoms with Crippen molar-refractivity contribution < 1.29 is 20.1 Å². The van der Waals surface area contributed by atoms with Crippen molar-refractivity contribution in [1.82, 2.24) is 9.55 Å². The lowest BCUT2D eigenvalue weighted by Gasteiger charge is -2.25. The van der Waals surface area contributed by atoms with E-state index < -0.39 is 41.5 Å². The van der Waals surface area contributed by atoms with E-state index in [1.54, 1.807) is 6.92 Å². The van der Waals surface area contributed by atoms with Gasteiger partial charge in [0, 0.05) is 12.8 Å². The van der Waals surface area contributed by atoms with Crippen LogP contribution in [0.2, 0.25) is 0 Å². The molecule has 1 saturated heterocycles. The zero-order valence-corrected chi connectivity index (χ0v) is 11.4. The third-order valence-electron chi connectivity index (χ3n) is 3.21. The monoisotopic (exact) mass is 296 g/mol. The fourth-order valence-electron chi connectivity index (χ4n) is 2.20. The second-order valence-electron chi connectivity index (χ2n) is 4.69. The van der Waals surface area contributed by atoms with Crippen LogP contribution in [0.25, 0.3) is 0 Å². The van der Waals surface area contributed by atoms with E-state index in [9.17, 15) is 24.9 Å². The van der Waals surface area contributed by atoms with Crippen LogP contribution in [-0.2, 0) is 10.5 Å². The first kappa shape index (κ1) is 15.3. The summed E-state index contributed by atoms with van der Waals surface area (Å²) in [7, 11) is 0. The van der Waals surface area contributed by atoms with Crippen molar-refractivity contribution in [2.24, 2.45) is 0 Å². The van der Waals surface area contributed by atoms with E-state index in [2.05, 4.69) is 11.8 Å². The van der Waals surface area contributed by atoms with Crippen molar-refractivity contribution in [1.29, 1.82) is 0 Å². The molecule has 0 radical (unpaired) electrons. The summed E-state index contributed by atoms with van der Waals surface area (Å²) in [6, 6.07) is 0. The molecular weight excluding hydrogens is 280 g/mol. The van der Waals surface area contributed by atoms with Crippen LogP contribution in [-0.4, -0.2) is 43.7 Å². The van der Waals surface area contributed by atoms with Crippen LogP contribution in [0.5, 0.6) is 5.75 Å². The van der Waals surface area contributed by atoms with Crippen molar-refractivity contribution in [2.45, 2.75) is 37.7 Å². The number of nitrogens with zero attached hydrogens (tertiary/aromatic N) is 1. The summed E-state index contributed by atoms with van der Waals surface area (Å²) in [5.74, 6) is 4.82. The number of aromatic amines is 1. The van der Waals surface area contributed by atoms with Crippen LogP contribution in [0.15, 0.2) is 15.8 Å². The topological polar surface area (TPSA) is 125 Å². The lowest BCUT2D eigenvalue weighted by Crippen LogP contribution is -2.43. The van der Waals surface area contributed by atoms with Gasteiger partial charge < -0.3 is 20.1 Å². The van der Waals surface area contributed by atoms with Gasteiger partial charge in [-0.1, -0.05) is 12.8 Å². The predicted octanol–water partition coefficient (Wildman–Crippen LogP) is -1.55. The number of H-pyrrole nitrogens is 1. The number of aromatic nitrogens is 2. The molecule has 3 atom stereocenters. The molecule has 2 rings (SSSR count). The zero-order valence-electron chi connectivity index (χ0n) is 11.4. The van der Waals surface area contributed by atoms with Crippen LogP contribution in [0.3, 0.4) is 0 Å². The van der Waals surface area contributed by atoms with Crippen LogP contribution in [0, 0.1) is 11.8 Å². The van der Waals surface area contributed by atoms with Crippen molar-refractivity contribution >= 4 is 0 Å². The molecule has 2 heterocycles. The number of nitrogens with one attached hydrogen (secondary N) is 1. The van der Waals surface area contributed by atoms with Crippen molar-refractivity contribution in [2.75, 3.05) is 6.61 Å². The van der Waals surface area contributed by atoms with Gasteiger partial charge in [-0.3, -0.25) is 14.3 Å². The molecule has 0 aliphatic carbocycles. The number of rotatable bonds is 2. The predicted molar refractivity (Wildman–Crippen MR) is 71.6 cm³/mol. The summed E-state index contributed by atoms with van der Waals surface area (Å²) in [6.45, 7) is 1.35. The minimum absolute atomic E-state index is 0.0728. The summed E-state index contributed by atoms with van der Waals surface area (Å²) in [5, 5.41) is 28.6. The Balaban J connectivity index is 2.60. The maximum absolute atomic E-state index is 12.0. The highest BCUT2D eigenvalue weighted by Crippen LogP contribution is 2.34. The van der Waals surface area contributed by atoms with Gasteiger partial charge >= 0.3 is 5.69 Å². The molecule has 1 aromatic heterocycles. The quantitative estimate of drug-likeness (QED) is 0.490. The first-order valence-corrected chi connectivity index (χ1v) is 6.45. The minimum atomic E-state index is -1.54. The van der Waals surface area contributed by atoms with Gasteiger partial charge in [-0.05, 0) is 5.92 Å². The first-order valence-electron chi connectivity index (χ1n) is 6.45. The van der Waals surface area contributed by atoms with E-state index in [1.807, 2.05) is 4.98 Å². The molecule has 4 N–H and O–H groups in total. The Hall–Kier alpha value is -2.08. The highest BCUT2D eigenvalue weighted by atomic mass is 16.6. The largest absolute Gasteiger partial charge is 0.502 e. The molecule has 0 unspecified atom stereocenters. The molecule has 0 spiro atoms. The lowest BCUT2D eigenvalue weighted by atomic mass is 10.1. The molecule has 8 nitrogen and oxygen atoms in total. The molecule has 1 aromatic rings. The Morgan fingerprint density at radius 2 is 2.29 bits per heavy atom. The third-order valence-corrected chi connectivity index (χ3v) is 3.21. The van der Waals surface area contributed by atoms with Gasteiger partial charge in [-0.15, -0.1) is 0 Å². The average Bonchev–Trinajstić information content (AvgIpc) is 2.78. The number of aromatic hydroxyl groups is 1. The molecule has 0 bridgehead atoms. The minimum Gasteiger partial charge on any atom is -0.502 e. The molecule has 1 aliphatic rings. The fourth-order valence-corrected chi connectivity index (χ4v) is 2.20. The molecule has 114 valence electrons. The molecule has 1 aliphatic heterocycles. The molecule has 0 aromatic carbocycles. The van der Waals surface area contributed by atoms with E-state index in [4.69, 9.17) is 4.74 Å². The van der Waals surface area contributed by atoms with Crippen LogP contribution in [0.4, 0.5) is 0 Å². The van der Waals surface area contributed by atoms with E-state index in [1.165, 1.54) is 0 Å². The van der Waals surface area contributed by atoms with Gasteiger partial charge in [0.25, 0.3) is 5.56 Å². The summed E-state index contributed by atoms with van der Waals surface area (Å²) >= 11 is 0. The average molecular weight is 296 g/mol. The van der Waals surface area contributed by atoms with E-state index >= 15 is 0 Å². The van der Waals surface area contributed by atoms with Crippen molar-refractivity contribution in [3.63, 3.8) is 0 Å². The molecule has 1 fully saturated rings. The van der Waals surface area contributed by atoms with Crippen LogP contribution >= 0.6 is 0 Å². The smallest absolute Gasteiger partial charge is 0.331 e. The van der Waals surface area contributed by atoms with Gasteiger partial charge in [0.2, 0.25) is 5.72 Å². The lowest BCUT2D eigenvalue weighted by molar-refractivity contribution is -0.0839. The zero-order chi connectivity index (χ0) is 15.6. The van der Waals surface area contributed by atoms with E-state index in [0.29, 0.717) is 6.42 Å². The maximum atomic E-state index is 12.0. The van der Waals surface area contributed by atoms with Crippen molar-refractivity contribution in [3.05, 3.63) is 27.0 Å². The molecule has 0 saturated carbocycles. The summed E-state index contributed by atoms with van der Waals surface area (Å²) in [5.41, 5.74) is -3.29. The summed E-state index contributed by atoms with van der Waals surface area (Å²) in [4.78, 5) is 25.1. The van der Waals surface area contributed by atoms with E-state index in [-0.39, 0.29) is 6.42 Å². The van der Waals surface area contributed by atoms with Gasteiger partial charge in [-0.25, -0.2) is 4.79 Å². The number of hydrogen-bond donors (Lipinski definition) is 4. The Morgan fingerprint density at radius 1 is 1.57 bits per heavy atom. The van der Waals surface area contributed by atoms with Crippen LogP contribution in [0.1, 0.15) is 19.8 Å². The number of aliphatic hydroxyl groups is 2. The molecular formula is C13H16N2O6. The second kappa shape index (κ2) is 5.73. The highest BCUT2D eigenvalue weighted by Gasteiger charge is 2.47.